The number of aromatic nitrogens is 1. The van der Waals surface area contributed by atoms with E-state index in [-0.39, 0.29) is 0 Å². The number of aliphatic hydroxyl groups is 1. The second kappa shape index (κ2) is 3.64. The molecule has 1 atom stereocenters. The summed E-state index contributed by atoms with van der Waals surface area (Å²) in [7, 11) is 0. The molecule has 0 saturated carbocycles. The fraction of sp³-hybridized carbons (Fsp3) is 0.500. The maximum absolute atomic E-state index is 9.86. The maximum Gasteiger partial charge on any atom is 0.143 e. The van der Waals surface area contributed by atoms with Crippen molar-refractivity contribution in [2.75, 3.05) is 23.7 Å². The molecule has 0 spiro atoms. The van der Waals surface area contributed by atoms with Crippen molar-refractivity contribution < 1.29 is 5.11 Å². The van der Waals surface area contributed by atoms with Crippen molar-refractivity contribution in [2.45, 2.75) is 18.9 Å². The Morgan fingerprint density at radius 1 is 1.67 bits per heavy atom. The van der Waals surface area contributed by atoms with Crippen molar-refractivity contribution in [3.8, 4) is 0 Å². The van der Waals surface area contributed by atoms with E-state index in [0.29, 0.717) is 12.2 Å². The summed E-state index contributed by atoms with van der Waals surface area (Å²) in [4.78, 5) is 6.33. The van der Waals surface area contributed by atoms with Gasteiger partial charge in [-0.15, -0.1) is 0 Å². The minimum atomic E-state index is -0.609. The predicted octanol–water partition coefficient (Wildman–Crippen LogP) is 1.39. The summed E-state index contributed by atoms with van der Waals surface area (Å²) in [6, 6.07) is 1.83. The van der Waals surface area contributed by atoms with Crippen LogP contribution in [0.4, 0.5) is 11.5 Å². The van der Waals surface area contributed by atoms with Gasteiger partial charge in [0.2, 0.25) is 0 Å². The van der Waals surface area contributed by atoms with E-state index in [9.17, 15) is 5.11 Å². The van der Waals surface area contributed by atoms with E-state index < -0.39 is 5.60 Å². The molecule has 2 rings (SSSR count). The molecular formula is C10H14BrN3O. The van der Waals surface area contributed by atoms with Crippen LogP contribution in [0.25, 0.3) is 0 Å². The van der Waals surface area contributed by atoms with Crippen LogP contribution < -0.4 is 10.6 Å². The minimum Gasteiger partial charge on any atom is -0.397 e. The molecule has 1 aliphatic rings. The molecule has 0 bridgehead atoms. The Morgan fingerprint density at radius 3 is 2.93 bits per heavy atom. The molecule has 5 heteroatoms. The van der Waals surface area contributed by atoms with Gasteiger partial charge in [-0.05, 0) is 35.3 Å². The van der Waals surface area contributed by atoms with E-state index in [0.717, 1.165) is 23.3 Å². The first-order valence-corrected chi connectivity index (χ1v) is 5.66. The van der Waals surface area contributed by atoms with E-state index in [4.69, 9.17) is 5.73 Å². The summed E-state index contributed by atoms with van der Waals surface area (Å²) in [6.07, 6.45) is 2.40. The van der Waals surface area contributed by atoms with Crippen LogP contribution in [0, 0.1) is 0 Å². The summed E-state index contributed by atoms with van der Waals surface area (Å²) in [6.45, 7) is 3.28. The highest BCUT2D eigenvalue weighted by Crippen LogP contribution is 2.31. The summed E-state index contributed by atoms with van der Waals surface area (Å²) < 4.78 is 0.875. The first-order valence-electron chi connectivity index (χ1n) is 4.86. The molecule has 0 aliphatic carbocycles. The zero-order valence-electron chi connectivity index (χ0n) is 8.57. The number of β-amino-alcohol motifs (C(OH)–C–C–N with tert-alkyl or cyclic N) is 1. The molecule has 3 N–H and O–H groups in total. The fourth-order valence-corrected chi connectivity index (χ4v) is 2.42. The van der Waals surface area contributed by atoms with Crippen molar-refractivity contribution in [1.82, 2.24) is 4.98 Å². The maximum atomic E-state index is 9.86. The molecule has 1 aliphatic heterocycles. The van der Waals surface area contributed by atoms with Crippen LogP contribution in [0.1, 0.15) is 13.3 Å². The molecule has 1 unspecified atom stereocenters. The third-order valence-electron chi connectivity index (χ3n) is 2.59. The van der Waals surface area contributed by atoms with Gasteiger partial charge in [0.05, 0.1) is 22.0 Å². The highest BCUT2D eigenvalue weighted by atomic mass is 79.9. The Bertz CT molecular complexity index is 381. The standard InChI is InChI=1S/C10H14BrN3O/c1-10(15)2-3-14(6-10)9-8(11)4-7(12)5-13-9/h4-5,15H,2-3,6,12H2,1H3. The van der Waals surface area contributed by atoms with Crippen molar-refractivity contribution in [1.29, 1.82) is 0 Å². The van der Waals surface area contributed by atoms with E-state index in [1.165, 1.54) is 0 Å². The number of nitrogen functional groups attached to an aromatic ring is 1. The second-order valence-electron chi connectivity index (χ2n) is 4.24. The molecule has 2 heterocycles. The van der Waals surface area contributed by atoms with Crippen LogP contribution in [0.2, 0.25) is 0 Å². The molecule has 15 heavy (non-hydrogen) atoms. The zero-order chi connectivity index (χ0) is 11.1. The number of hydrogen-bond acceptors (Lipinski definition) is 4. The lowest BCUT2D eigenvalue weighted by Gasteiger charge is -2.20. The number of hydrogen-bond donors (Lipinski definition) is 2. The van der Waals surface area contributed by atoms with E-state index in [1.807, 2.05) is 13.0 Å². The Morgan fingerprint density at radius 2 is 2.40 bits per heavy atom. The Hall–Kier alpha value is -0.810. The molecular weight excluding hydrogens is 258 g/mol. The predicted molar refractivity (Wildman–Crippen MR) is 63.8 cm³/mol. The number of anilines is 2. The highest BCUT2D eigenvalue weighted by Gasteiger charge is 2.32. The highest BCUT2D eigenvalue weighted by molar-refractivity contribution is 9.10. The molecule has 0 aromatic carbocycles. The Labute approximate surface area is 97.2 Å². The number of nitrogens with zero attached hydrogens (tertiary/aromatic N) is 2. The summed E-state index contributed by atoms with van der Waals surface area (Å²) in [5, 5.41) is 9.86. The third-order valence-corrected chi connectivity index (χ3v) is 3.18. The van der Waals surface area contributed by atoms with Crippen LogP contribution >= 0.6 is 15.9 Å². The molecule has 4 nitrogen and oxygen atoms in total. The molecule has 1 saturated heterocycles. The van der Waals surface area contributed by atoms with Crippen LogP contribution in [0.3, 0.4) is 0 Å². The molecule has 82 valence electrons. The van der Waals surface area contributed by atoms with E-state index in [1.54, 1.807) is 6.20 Å². The van der Waals surface area contributed by atoms with Gasteiger partial charge >= 0.3 is 0 Å². The number of pyridine rings is 1. The van der Waals surface area contributed by atoms with Crippen LogP contribution in [0.15, 0.2) is 16.7 Å². The smallest absolute Gasteiger partial charge is 0.143 e. The van der Waals surface area contributed by atoms with Crippen LogP contribution in [-0.4, -0.2) is 28.8 Å². The number of rotatable bonds is 1. The molecule has 0 radical (unpaired) electrons. The third kappa shape index (κ3) is 2.23. The SMILES string of the molecule is CC1(O)CCN(c2ncc(N)cc2Br)C1. The second-order valence-corrected chi connectivity index (χ2v) is 5.10. The zero-order valence-corrected chi connectivity index (χ0v) is 10.2. The van der Waals surface area contributed by atoms with Crippen molar-refractivity contribution in [3.05, 3.63) is 16.7 Å². The van der Waals surface area contributed by atoms with Gasteiger partial charge in [0.1, 0.15) is 5.82 Å². The molecule has 0 amide bonds. The van der Waals surface area contributed by atoms with Crippen molar-refractivity contribution >= 4 is 27.4 Å². The monoisotopic (exact) mass is 271 g/mol. The molecule has 1 aromatic rings. The Balaban J connectivity index is 2.24. The average Bonchev–Trinajstić information content (AvgIpc) is 2.46. The quantitative estimate of drug-likeness (QED) is 0.811. The first kappa shape index (κ1) is 10.7. The van der Waals surface area contributed by atoms with Gasteiger partial charge in [-0.1, -0.05) is 0 Å². The van der Waals surface area contributed by atoms with E-state index in [2.05, 4.69) is 25.8 Å². The largest absolute Gasteiger partial charge is 0.397 e. The lowest BCUT2D eigenvalue weighted by molar-refractivity contribution is 0.0839. The first-order chi connectivity index (χ1) is 6.98. The fourth-order valence-electron chi connectivity index (χ4n) is 1.80. The lowest BCUT2D eigenvalue weighted by Crippen LogP contribution is -2.30. The molecule has 1 aromatic heterocycles. The van der Waals surface area contributed by atoms with Crippen molar-refractivity contribution in [3.63, 3.8) is 0 Å². The average molecular weight is 272 g/mol. The van der Waals surface area contributed by atoms with Gasteiger partial charge in [-0.25, -0.2) is 4.98 Å². The minimum absolute atomic E-state index is 0.609. The van der Waals surface area contributed by atoms with Crippen molar-refractivity contribution in [2.24, 2.45) is 0 Å². The van der Waals surface area contributed by atoms with Gasteiger partial charge in [-0.2, -0.15) is 0 Å². The summed E-state index contributed by atoms with van der Waals surface area (Å²) >= 11 is 3.43. The topological polar surface area (TPSA) is 62.4 Å². The van der Waals surface area contributed by atoms with Gasteiger partial charge in [0.25, 0.3) is 0 Å². The summed E-state index contributed by atoms with van der Waals surface area (Å²) in [5.41, 5.74) is 5.65. The van der Waals surface area contributed by atoms with Gasteiger partial charge in [0, 0.05) is 13.1 Å². The summed E-state index contributed by atoms with van der Waals surface area (Å²) in [5.74, 6) is 0.849. The van der Waals surface area contributed by atoms with Crippen LogP contribution in [-0.2, 0) is 0 Å². The van der Waals surface area contributed by atoms with Gasteiger partial charge in [0.15, 0.2) is 0 Å². The van der Waals surface area contributed by atoms with Crippen LogP contribution in [0.5, 0.6) is 0 Å². The Kier molecular flexibility index (Phi) is 2.60. The van der Waals surface area contributed by atoms with Gasteiger partial charge in [-0.3, -0.25) is 0 Å². The lowest BCUT2D eigenvalue weighted by atomic mass is 10.1. The number of halogens is 1. The van der Waals surface area contributed by atoms with E-state index >= 15 is 0 Å². The number of nitrogens with two attached hydrogens (primary N) is 1. The normalized spacial score (nSPS) is 25.9. The molecule has 1 fully saturated rings. The van der Waals surface area contributed by atoms with Gasteiger partial charge < -0.3 is 15.7 Å².